The Hall–Kier alpha value is -5.74. The highest BCUT2D eigenvalue weighted by atomic mass is 32.2. The third-order valence-electron chi connectivity index (χ3n) is 7.66. The van der Waals surface area contributed by atoms with Crippen LogP contribution in [0, 0.1) is 0 Å². The summed E-state index contributed by atoms with van der Waals surface area (Å²) in [5.41, 5.74) is 8.69. The minimum Gasteiger partial charge on any atom is -0.506 e. The topological polar surface area (TPSA) is 206 Å². The molecule has 0 radical (unpaired) electrons. The first-order chi connectivity index (χ1) is 23.5. The van der Waals surface area contributed by atoms with E-state index in [1.807, 2.05) is 36.4 Å². The first-order valence-corrected chi connectivity index (χ1v) is 16.9. The molecular formula is C34H27N5O8S2. The molecule has 0 aliphatic rings. The van der Waals surface area contributed by atoms with Gasteiger partial charge in [0, 0.05) is 16.2 Å². The number of methoxy groups -OCH3 is 2. The number of benzene rings is 6. The van der Waals surface area contributed by atoms with Crippen LogP contribution >= 0.6 is 0 Å². The number of hydrogen-bond donors (Lipinski definition) is 4. The lowest BCUT2D eigenvalue weighted by molar-refractivity contribution is 0.415. The highest BCUT2D eigenvalue weighted by molar-refractivity contribution is 7.86. The maximum atomic E-state index is 11.9. The second kappa shape index (κ2) is 13.4. The fraction of sp³-hybridized carbons (Fsp3) is 0.0588. The van der Waals surface area contributed by atoms with Crippen molar-refractivity contribution in [3.05, 3.63) is 97.1 Å². The van der Waals surface area contributed by atoms with Gasteiger partial charge in [0.2, 0.25) is 0 Å². The molecule has 0 saturated carbocycles. The minimum atomic E-state index is -4.78. The Labute approximate surface area is 282 Å². The number of aromatic hydroxyl groups is 1. The number of anilines is 1. The molecule has 0 aliphatic carbocycles. The van der Waals surface area contributed by atoms with E-state index in [4.69, 9.17) is 15.2 Å². The van der Waals surface area contributed by atoms with Gasteiger partial charge in [-0.25, -0.2) is 4.21 Å². The second-order valence-electron chi connectivity index (χ2n) is 10.6. The highest BCUT2D eigenvalue weighted by Gasteiger charge is 2.21. The van der Waals surface area contributed by atoms with Crippen molar-refractivity contribution in [1.29, 1.82) is 0 Å². The van der Waals surface area contributed by atoms with E-state index in [1.54, 1.807) is 36.4 Å². The number of hydrogen-bond acceptors (Lipinski definition) is 11. The van der Waals surface area contributed by atoms with E-state index in [0.717, 1.165) is 28.0 Å². The van der Waals surface area contributed by atoms with E-state index < -0.39 is 26.1 Å². The number of nitrogen functional groups attached to an aromatic ring is 1. The summed E-state index contributed by atoms with van der Waals surface area (Å²) >= 11 is -2.57. The van der Waals surface area contributed by atoms with Crippen molar-refractivity contribution in [3.63, 3.8) is 0 Å². The average molecular weight is 698 g/mol. The normalized spacial score (nSPS) is 12.7. The van der Waals surface area contributed by atoms with Crippen LogP contribution in [0.3, 0.4) is 0 Å². The van der Waals surface area contributed by atoms with Crippen molar-refractivity contribution in [2.45, 2.75) is 9.79 Å². The van der Waals surface area contributed by atoms with Gasteiger partial charge in [0.05, 0.1) is 30.5 Å². The Morgan fingerprint density at radius 1 is 0.714 bits per heavy atom. The summed E-state index contributed by atoms with van der Waals surface area (Å²) in [6.45, 7) is 0. The Balaban J connectivity index is 1.30. The molecule has 1 atom stereocenters. The van der Waals surface area contributed by atoms with Crippen molar-refractivity contribution in [2.24, 2.45) is 20.5 Å². The number of ether oxygens (including phenoxy) is 2. The predicted molar refractivity (Wildman–Crippen MR) is 186 cm³/mol. The van der Waals surface area contributed by atoms with E-state index in [1.165, 1.54) is 32.4 Å². The quantitative estimate of drug-likeness (QED) is 0.0493. The Morgan fingerprint density at radius 3 is 1.96 bits per heavy atom. The van der Waals surface area contributed by atoms with E-state index in [2.05, 4.69) is 20.5 Å². The summed E-state index contributed by atoms with van der Waals surface area (Å²) in [6, 6.07) is 26.8. The van der Waals surface area contributed by atoms with Crippen LogP contribution in [0.1, 0.15) is 0 Å². The molecule has 0 saturated heterocycles. The molecule has 6 aromatic rings. The summed E-state index contributed by atoms with van der Waals surface area (Å²) in [5, 5.41) is 29.6. The molecule has 6 aromatic carbocycles. The summed E-state index contributed by atoms with van der Waals surface area (Å²) in [4.78, 5) is -0.935. The summed E-state index contributed by atoms with van der Waals surface area (Å²) in [5.74, 6) is 0.846. The zero-order chi connectivity index (χ0) is 34.9. The number of nitrogens with two attached hydrogens (primary N) is 1. The molecule has 248 valence electrons. The number of phenolic OH excluding ortho intramolecular Hbond substituents is 1. The van der Waals surface area contributed by atoms with Crippen molar-refractivity contribution in [3.8, 4) is 28.4 Å². The lowest BCUT2D eigenvalue weighted by Crippen LogP contribution is -2.06. The summed E-state index contributed by atoms with van der Waals surface area (Å²) < 4.78 is 66.1. The lowest BCUT2D eigenvalue weighted by Gasteiger charge is -2.11. The number of fused-ring (bicyclic) bond motifs is 2. The number of phenols is 1. The first kappa shape index (κ1) is 33.2. The highest BCUT2D eigenvalue weighted by Crippen LogP contribution is 2.41. The van der Waals surface area contributed by atoms with E-state index in [0.29, 0.717) is 28.6 Å². The molecule has 0 aliphatic heterocycles. The monoisotopic (exact) mass is 697 g/mol. The molecule has 0 fully saturated rings. The standard InChI is InChI=1S/C34H27N5O8S2/c1-46-29-15-20(21-8-13-27(30(16-21)47-2)38-39-34-23-6-4-3-5-19(23)9-14-28(34)40)7-12-26(29)37-36-22-10-11-24-25(17-22)33(35)32(49(43,44)45)18-31(24)48(41)42/h3-18,40H,35H2,1-2H3,(H,41,42)(H,43,44,45). The molecule has 15 heteroatoms. The number of nitrogens with zero attached hydrogens (tertiary/aromatic N) is 4. The van der Waals surface area contributed by atoms with Crippen LogP contribution in [-0.4, -0.2) is 41.1 Å². The van der Waals surface area contributed by atoms with Crippen molar-refractivity contribution < 1.29 is 36.3 Å². The second-order valence-corrected chi connectivity index (χ2v) is 12.9. The van der Waals surface area contributed by atoms with Crippen LogP contribution < -0.4 is 15.2 Å². The number of rotatable bonds is 9. The van der Waals surface area contributed by atoms with Gasteiger partial charge in [-0.2, -0.15) is 13.5 Å². The molecule has 1 unspecified atom stereocenters. The number of azo groups is 2. The molecule has 0 bridgehead atoms. The third-order valence-corrected chi connectivity index (χ3v) is 9.26. The van der Waals surface area contributed by atoms with Crippen molar-refractivity contribution in [1.82, 2.24) is 0 Å². The van der Waals surface area contributed by atoms with Crippen LogP contribution in [0.5, 0.6) is 17.2 Å². The molecule has 0 heterocycles. The summed E-state index contributed by atoms with van der Waals surface area (Å²) in [6.07, 6.45) is 0. The molecule has 0 aromatic heterocycles. The van der Waals surface area contributed by atoms with Gasteiger partial charge in [0.25, 0.3) is 10.1 Å². The molecular weight excluding hydrogens is 671 g/mol. The van der Waals surface area contributed by atoms with Gasteiger partial charge in [-0.3, -0.25) is 4.55 Å². The van der Waals surface area contributed by atoms with Crippen LogP contribution in [0.2, 0.25) is 0 Å². The molecule has 6 rings (SSSR count). The fourth-order valence-electron chi connectivity index (χ4n) is 5.24. The van der Waals surface area contributed by atoms with E-state index in [-0.39, 0.29) is 32.8 Å². The smallest absolute Gasteiger partial charge is 0.296 e. The van der Waals surface area contributed by atoms with Crippen LogP contribution in [0.15, 0.2) is 127 Å². The van der Waals surface area contributed by atoms with Gasteiger partial charge in [-0.15, -0.1) is 15.3 Å². The maximum absolute atomic E-state index is 11.9. The predicted octanol–water partition coefficient (Wildman–Crippen LogP) is 8.62. The van der Waals surface area contributed by atoms with Gasteiger partial charge in [0.15, 0.2) is 11.1 Å². The first-order valence-electron chi connectivity index (χ1n) is 14.3. The van der Waals surface area contributed by atoms with Gasteiger partial charge in [-0.1, -0.05) is 48.5 Å². The molecule has 0 amide bonds. The van der Waals surface area contributed by atoms with Gasteiger partial charge in [-0.05, 0) is 65.0 Å². The van der Waals surface area contributed by atoms with Crippen molar-refractivity contribution >= 4 is 71.2 Å². The Bertz CT molecular complexity index is 2470. The van der Waals surface area contributed by atoms with Crippen LogP contribution in [0.4, 0.5) is 28.4 Å². The fourth-order valence-corrected chi connectivity index (χ4v) is 6.56. The van der Waals surface area contributed by atoms with Crippen LogP contribution in [0.25, 0.3) is 32.7 Å². The average Bonchev–Trinajstić information content (AvgIpc) is 3.09. The molecule has 0 spiro atoms. The van der Waals surface area contributed by atoms with Gasteiger partial charge < -0.3 is 24.9 Å². The zero-order valence-electron chi connectivity index (χ0n) is 25.8. The van der Waals surface area contributed by atoms with Crippen LogP contribution in [-0.2, 0) is 21.2 Å². The molecule has 5 N–H and O–H groups in total. The largest absolute Gasteiger partial charge is 0.506 e. The van der Waals surface area contributed by atoms with Gasteiger partial charge in [0.1, 0.15) is 39.2 Å². The van der Waals surface area contributed by atoms with E-state index in [9.17, 15) is 26.8 Å². The molecule has 49 heavy (non-hydrogen) atoms. The van der Waals surface area contributed by atoms with E-state index >= 15 is 0 Å². The van der Waals surface area contributed by atoms with Crippen molar-refractivity contribution in [2.75, 3.05) is 20.0 Å². The molecule has 13 nitrogen and oxygen atoms in total. The summed E-state index contributed by atoms with van der Waals surface area (Å²) in [7, 11) is -1.78. The SMILES string of the molecule is COc1cc(-c2ccc(N=Nc3c(O)ccc4ccccc34)c(OC)c2)ccc1N=Nc1ccc2c(S(=O)O)cc(S(=O)(=O)O)c(N)c2c1. The lowest BCUT2D eigenvalue weighted by atomic mass is 10.0. The Kier molecular flexibility index (Phi) is 9.07. The maximum Gasteiger partial charge on any atom is 0.296 e. The Morgan fingerprint density at radius 2 is 1.35 bits per heavy atom. The minimum absolute atomic E-state index is 0.00641. The third kappa shape index (κ3) is 6.68. The zero-order valence-corrected chi connectivity index (χ0v) is 27.4. The van der Waals surface area contributed by atoms with Gasteiger partial charge >= 0.3 is 0 Å².